The lowest BCUT2D eigenvalue weighted by Crippen LogP contribution is -2.26. The van der Waals surface area contributed by atoms with Crippen LogP contribution in [0.2, 0.25) is 0 Å². The van der Waals surface area contributed by atoms with Crippen LogP contribution >= 0.6 is 0 Å². The fourth-order valence-corrected chi connectivity index (χ4v) is 1.50. The molecule has 0 bridgehead atoms. The van der Waals surface area contributed by atoms with Crippen LogP contribution < -0.4 is 0 Å². The average molecular weight is 182 g/mol. The van der Waals surface area contributed by atoms with E-state index in [1.54, 1.807) is 6.08 Å². The van der Waals surface area contributed by atoms with E-state index in [0.717, 1.165) is 25.7 Å². The van der Waals surface area contributed by atoms with Crippen LogP contribution in [0.4, 0.5) is 0 Å². The van der Waals surface area contributed by atoms with Crippen molar-refractivity contribution in [1.82, 2.24) is 0 Å². The van der Waals surface area contributed by atoms with Gasteiger partial charge in [-0.1, -0.05) is 0 Å². The third-order valence-corrected chi connectivity index (χ3v) is 2.52. The Kier molecular flexibility index (Phi) is 2.36. The Balaban J connectivity index is 1.98. The van der Waals surface area contributed by atoms with Gasteiger partial charge in [0.05, 0.1) is 6.61 Å². The molecule has 0 radical (unpaired) electrons. The minimum Gasteiger partial charge on any atom is -0.490 e. The minimum absolute atomic E-state index is 0.193. The second-order valence-electron chi connectivity index (χ2n) is 3.71. The molecule has 1 saturated carbocycles. The highest BCUT2D eigenvalue weighted by Crippen LogP contribution is 2.34. The van der Waals surface area contributed by atoms with Crippen molar-refractivity contribution in [2.24, 2.45) is 5.92 Å². The molecule has 1 N–H and O–H groups in total. The van der Waals surface area contributed by atoms with Crippen LogP contribution in [0.25, 0.3) is 0 Å². The largest absolute Gasteiger partial charge is 0.490 e. The zero-order chi connectivity index (χ0) is 9.26. The van der Waals surface area contributed by atoms with E-state index in [2.05, 4.69) is 0 Å². The van der Waals surface area contributed by atoms with E-state index in [0.29, 0.717) is 12.4 Å². The van der Waals surface area contributed by atoms with E-state index < -0.39 is 6.10 Å². The molecule has 3 nitrogen and oxygen atoms in total. The molecule has 1 heterocycles. The van der Waals surface area contributed by atoms with Crippen molar-refractivity contribution in [2.75, 3.05) is 6.61 Å². The highest BCUT2D eigenvalue weighted by molar-refractivity contribution is 5.97. The van der Waals surface area contributed by atoms with E-state index >= 15 is 0 Å². The molecule has 72 valence electrons. The van der Waals surface area contributed by atoms with Gasteiger partial charge in [0.15, 0.2) is 5.76 Å². The maximum atomic E-state index is 11.5. The second kappa shape index (κ2) is 3.50. The van der Waals surface area contributed by atoms with Gasteiger partial charge in [-0.25, -0.2) is 0 Å². The van der Waals surface area contributed by atoms with Crippen LogP contribution in [0.3, 0.4) is 0 Å². The van der Waals surface area contributed by atoms with Gasteiger partial charge in [-0.05, 0) is 37.7 Å². The number of allylic oxidation sites excluding steroid dienone is 1. The molecule has 0 amide bonds. The SMILES string of the molecule is O=C(C1=CCCCO1)C(O)C1CC1. The smallest absolute Gasteiger partial charge is 0.225 e. The van der Waals surface area contributed by atoms with Crippen molar-refractivity contribution in [3.63, 3.8) is 0 Å². The highest BCUT2D eigenvalue weighted by atomic mass is 16.5. The number of ketones is 1. The van der Waals surface area contributed by atoms with Crippen molar-refractivity contribution in [2.45, 2.75) is 31.8 Å². The van der Waals surface area contributed by atoms with Crippen molar-refractivity contribution >= 4 is 5.78 Å². The fourth-order valence-electron chi connectivity index (χ4n) is 1.50. The molecular formula is C10H14O3. The number of carbonyl (C=O) groups excluding carboxylic acids is 1. The maximum Gasteiger partial charge on any atom is 0.225 e. The fraction of sp³-hybridized carbons (Fsp3) is 0.700. The van der Waals surface area contributed by atoms with E-state index in [1.807, 2.05) is 0 Å². The summed E-state index contributed by atoms with van der Waals surface area (Å²) in [6, 6.07) is 0. The first-order valence-corrected chi connectivity index (χ1v) is 4.84. The Labute approximate surface area is 77.4 Å². The molecule has 0 aromatic rings. The Morgan fingerprint density at radius 3 is 2.92 bits per heavy atom. The Bertz CT molecular complexity index is 241. The van der Waals surface area contributed by atoms with Crippen LogP contribution in [0.15, 0.2) is 11.8 Å². The second-order valence-corrected chi connectivity index (χ2v) is 3.71. The van der Waals surface area contributed by atoms with Gasteiger partial charge in [-0.3, -0.25) is 4.79 Å². The Morgan fingerprint density at radius 1 is 1.62 bits per heavy atom. The summed E-state index contributed by atoms with van der Waals surface area (Å²) in [7, 11) is 0. The number of hydrogen-bond acceptors (Lipinski definition) is 3. The van der Waals surface area contributed by atoms with Gasteiger partial charge in [0.1, 0.15) is 6.10 Å². The molecule has 1 unspecified atom stereocenters. The molecule has 2 rings (SSSR count). The van der Waals surface area contributed by atoms with Gasteiger partial charge in [0.2, 0.25) is 5.78 Å². The summed E-state index contributed by atoms with van der Waals surface area (Å²) in [6.45, 7) is 0.606. The van der Waals surface area contributed by atoms with E-state index in [-0.39, 0.29) is 11.7 Å². The lowest BCUT2D eigenvalue weighted by molar-refractivity contribution is -0.128. The Morgan fingerprint density at radius 2 is 2.38 bits per heavy atom. The normalized spacial score (nSPS) is 24.5. The van der Waals surface area contributed by atoms with Gasteiger partial charge in [-0.15, -0.1) is 0 Å². The van der Waals surface area contributed by atoms with E-state index in [4.69, 9.17) is 4.74 Å². The number of hydrogen-bond donors (Lipinski definition) is 1. The zero-order valence-electron chi connectivity index (χ0n) is 7.53. The molecule has 1 fully saturated rings. The van der Waals surface area contributed by atoms with Crippen LogP contribution in [0.5, 0.6) is 0 Å². The summed E-state index contributed by atoms with van der Waals surface area (Å²) in [6.07, 6.45) is 4.77. The first-order valence-electron chi connectivity index (χ1n) is 4.84. The molecular weight excluding hydrogens is 168 g/mol. The molecule has 0 aromatic heterocycles. The lowest BCUT2D eigenvalue weighted by atomic mass is 10.1. The van der Waals surface area contributed by atoms with Crippen LogP contribution in [-0.2, 0) is 9.53 Å². The summed E-state index contributed by atoms with van der Waals surface area (Å²) in [5.74, 6) is 0.353. The molecule has 1 atom stereocenters. The van der Waals surface area contributed by atoms with Gasteiger partial charge >= 0.3 is 0 Å². The zero-order valence-corrected chi connectivity index (χ0v) is 7.53. The summed E-state index contributed by atoms with van der Waals surface area (Å²) in [5, 5.41) is 9.54. The molecule has 1 aliphatic heterocycles. The summed E-state index contributed by atoms with van der Waals surface area (Å²) < 4.78 is 5.19. The van der Waals surface area contributed by atoms with Crippen molar-refractivity contribution < 1.29 is 14.6 Å². The molecule has 0 aromatic carbocycles. The van der Waals surface area contributed by atoms with Gasteiger partial charge in [-0.2, -0.15) is 0 Å². The third-order valence-electron chi connectivity index (χ3n) is 2.52. The quantitative estimate of drug-likeness (QED) is 0.708. The van der Waals surface area contributed by atoms with Crippen LogP contribution in [0, 0.1) is 5.92 Å². The number of Topliss-reactive ketones (excluding diaryl/α,β-unsaturated/α-hetero) is 1. The molecule has 13 heavy (non-hydrogen) atoms. The van der Waals surface area contributed by atoms with Gasteiger partial charge in [0.25, 0.3) is 0 Å². The molecule has 3 heteroatoms. The monoisotopic (exact) mass is 182 g/mol. The predicted molar refractivity (Wildman–Crippen MR) is 47.0 cm³/mol. The summed E-state index contributed by atoms with van der Waals surface area (Å²) in [5.41, 5.74) is 0. The standard InChI is InChI=1S/C10H14O3/c11-9(7-4-5-7)10(12)8-3-1-2-6-13-8/h3,7,9,11H,1-2,4-6H2. The molecule has 2 aliphatic rings. The summed E-state index contributed by atoms with van der Waals surface area (Å²) in [4.78, 5) is 11.5. The van der Waals surface area contributed by atoms with Gasteiger partial charge in [0, 0.05) is 0 Å². The van der Waals surface area contributed by atoms with Crippen molar-refractivity contribution in [3.05, 3.63) is 11.8 Å². The number of aliphatic hydroxyl groups excluding tert-OH is 1. The third kappa shape index (κ3) is 1.91. The average Bonchev–Trinajstić information content (AvgIpc) is 3.00. The van der Waals surface area contributed by atoms with E-state index in [1.165, 1.54) is 0 Å². The lowest BCUT2D eigenvalue weighted by Gasteiger charge is -2.16. The van der Waals surface area contributed by atoms with Crippen molar-refractivity contribution in [1.29, 1.82) is 0 Å². The van der Waals surface area contributed by atoms with Crippen molar-refractivity contribution in [3.8, 4) is 0 Å². The topological polar surface area (TPSA) is 46.5 Å². The Hall–Kier alpha value is -0.830. The molecule has 0 spiro atoms. The number of aliphatic hydroxyl groups is 1. The first-order chi connectivity index (χ1) is 6.29. The number of carbonyl (C=O) groups is 1. The molecule has 1 aliphatic carbocycles. The predicted octanol–water partition coefficient (Wildman–Crippen LogP) is 1.02. The highest BCUT2D eigenvalue weighted by Gasteiger charge is 2.36. The van der Waals surface area contributed by atoms with Crippen LogP contribution in [-0.4, -0.2) is 23.6 Å². The van der Waals surface area contributed by atoms with E-state index in [9.17, 15) is 9.90 Å². The summed E-state index contributed by atoms with van der Waals surface area (Å²) >= 11 is 0. The van der Waals surface area contributed by atoms with Gasteiger partial charge < -0.3 is 9.84 Å². The first kappa shape index (κ1) is 8.75. The maximum absolute atomic E-state index is 11.5. The molecule has 0 saturated heterocycles. The number of rotatable bonds is 3. The minimum atomic E-state index is -0.815. The number of ether oxygens (including phenoxy) is 1. The van der Waals surface area contributed by atoms with Crippen LogP contribution in [0.1, 0.15) is 25.7 Å².